The van der Waals surface area contributed by atoms with Gasteiger partial charge >= 0.3 is 11.9 Å². The number of rotatable bonds is 7. The van der Waals surface area contributed by atoms with Gasteiger partial charge in [0, 0.05) is 11.5 Å². The fourth-order valence-electron chi connectivity index (χ4n) is 1.75. The summed E-state index contributed by atoms with van der Waals surface area (Å²) >= 11 is 1.02. The van der Waals surface area contributed by atoms with E-state index < -0.39 is 29.3 Å². The van der Waals surface area contributed by atoms with Gasteiger partial charge in [0.2, 0.25) is 0 Å². The maximum atomic E-state index is 11.1. The van der Waals surface area contributed by atoms with Crippen LogP contribution in [0.2, 0.25) is 0 Å². The summed E-state index contributed by atoms with van der Waals surface area (Å²) in [5.41, 5.74) is -0.190. The number of allylic oxidation sites excluding steroid dienone is 1. The van der Waals surface area contributed by atoms with E-state index in [0.29, 0.717) is 17.7 Å². The Kier molecular flexibility index (Phi) is 6.18. The zero-order chi connectivity index (χ0) is 15.3. The minimum Gasteiger partial charge on any atom is -0.481 e. The van der Waals surface area contributed by atoms with Crippen LogP contribution in [0.3, 0.4) is 0 Å². The number of aliphatic carboxylic acids is 2. The van der Waals surface area contributed by atoms with Gasteiger partial charge in [-0.3, -0.25) is 9.79 Å². The lowest BCUT2D eigenvalue weighted by Crippen LogP contribution is -2.33. The van der Waals surface area contributed by atoms with Gasteiger partial charge in [0.25, 0.3) is 0 Å². The minimum atomic E-state index is -1.23. The lowest BCUT2D eigenvalue weighted by molar-refractivity contribution is -0.145. The molecule has 7 nitrogen and oxygen atoms in total. The second-order valence-electron chi connectivity index (χ2n) is 4.33. The van der Waals surface area contributed by atoms with Crippen LogP contribution in [0.1, 0.15) is 19.8 Å². The van der Waals surface area contributed by atoms with E-state index >= 15 is 0 Å². The van der Waals surface area contributed by atoms with E-state index in [1.807, 2.05) is 0 Å². The molecule has 0 aromatic heterocycles. The number of thioether (sulfide) groups is 1. The molecular weight excluding hydrogens is 286 g/mol. The quantitative estimate of drug-likeness (QED) is 0.499. The van der Waals surface area contributed by atoms with Gasteiger partial charge in [0.1, 0.15) is 11.3 Å². The molecule has 0 radical (unpaired) electrons. The number of carboxylic acids is 2. The maximum Gasteiger partial charge on any atom is 0.355 e. The van der Waals surface area contributed by atoms with E-state index in [1.54, 1.807) is 6.08 Å². The van der Waals surface area contributed by atoms with Crippen molar-refractivity contribution < 1.29 is 30.0 Å². The van der Waals surface area contributed by atoms with E-state index in [2.05, 4.69) is 4.99 Å². The number of aliphatic hydroxyl groups excluding tert-OH is 2. The Bertz CT molecular complexity index is 445. The predicted molar refractivity (Wildman–Crippen MR) is 73.7 cm³/mol. The van der Waals surface area contributed by atoms with E-state index in [1.165, 1.54) is 6.92 Å². The lowest BCUT2D eigenvalue weighted by atomic mass is 10.0. The molecule has 0 fully saturated rings. The molecular formula is C12H17NO6S. The predicted octanol–water partition coefficient (Wildman–Crippen LogP) is 0.323. The molecule has 1 aliphatic heterocycles. The normalized spacial score (nSPS) is 23.4. The Morgan fingerprint density at radius 3 is 2.55 bits per heavy atom. The van der Waals surface area contributed by atoms with Crippen molar-refractivity contribution in [3.63, 3.8) is 0 Å². The van der Waals surface area contributed by atoms with Gasteiger partial charge < -0.3 is 20.4 Å². The molecule has 8 heteroatoms. The SMILES string of the molecule is C[C@@H](O)[C@@H](C(=O)O)[C@@H]1N=C(C(=O)O)/C(=C/CCCO)S1. The highest BCUT2D eigenvalue weighted by Gasteiger charge is 2.39. The smallest absolute Gasteiger partial charge is 0.355 e. The van der Waals surface area contributed by atoms with Crippen LogP contribution in [-0.4, -0.2) is 56.2 Å². The van der Waals surface area contributed by atoms with Gasteiger partial charge in [-0.25, -0.2) is 4.79 Å². The van der Waals surface area contributed by atoms with Crippen molar-refractivity contribution in [2.75, 3.05) is 6.61 Å². The van der Waals surface area contributed by atoms with Crippen molar-refractivity contribution in [2.45, 2.75) is 31.2 Å². The Labute approximate surface area is 120 Å². The van der Waals surface area contributed by atoms with Crippen LogP contribution < -0.4 is 0 Å². The zero-order valence-electron chi connectivity index (χ0n) is 10.9. The molecule has 0 saturated heterocycles. The first-order valence-electron chi connectivity index (χ1n) is 6.08. The summed E-state index contributed by atoms with van der Waals surface area (Å²) in [6.07, 6.45) is 1.44. The Hall–Kier alpha value is -1.38. The third-order valence-corrected chi connectivity index (χ3v) is 4.00. The molecule has 0 aromatic carbocycles. The summed E-state index contributed by atoms with van der Waals surface area (Å²) in [5.74, 6) is -3.62. The molecule has 0 amide bonds. The summed E-state index contributed by atoms with van der Waals surface area (Å²) in [4.78, 5) is 26.5. The van der Waals surface area contributed by atoms with Crippen molar-refractivity contribution in [1.82, 2.24) is 0 Å². The van der Waals surface area contributed by atoms with Gasteiger partial charge in [-0.2, -0.15) is 0 Å². The highest BCUT2D eigenvalue weighted by Crippen LogP contribution is 2.37. The van der Waals surface area contributed by atoms with Gasteiger partial charge in [0.15, 0.2) is 5.71 Å². The van der Waals surface area contributed by atoms with Crippen LogP contribution in [0, 0.1) is 5.92 Å². The summed E-state index contributed by atoms with van der Waals surface area (Å²) in [6, 6.07) is 0. The van der Waals surface area contributed by atoms with Crippen molar-refractivity contribution in [2.24, 2.45) is 10.9 Å². The van der Waals surface area contributed by atoms with Crippen molar-refractivity contribution in [1.29, 1.82) is 0 Å². The number of hydrogen-bond donors (Lipinski definition) is 4. The van der Waals surface area contributed by atoms with Crippen LogP contribution in [0.4, 0.5) is 0 Å². The first-order valence-corrected chi connectivity index (χ1v) is 6.96. The van der Waals surface area contributed by atoms with Crippen LogP contribution in [0.15, 0.2) is 16.0 Å². The van der Waals surface area contributed by atoms with Crippen molar-refractivity contribution >= 4 is 29.4 Å². The fourth-order valence-corrected chi connectivity index (χ4v) is 3.13. The van der Waals surface area contributed by atoms with Gasteiger partial charge in [-0.05, 0) is 19.8 Å². The van der Waals surface area contributed by atoms with Crippen molar-refractivity contribution in [3.05, 3.63) is 11.0 Å². The molecule has 0 aromatic rings. The van der Waals surface area contributed by atoms with Crippen LogP contribution >= 0.6 is 11.8 Å². The highest BCUT2D eigenvalue weighted by molar-refractivity contribution is 8.05. The van der Waals surface area contributed by atoms with Crippen LogP contribution in [0.5, 0.6) is 0 Å². The Balaban J connectivity index is 2.96. The number of carbonyl (C=O) groups is 2. The van der Waals surface area contributed by atoms with Gasteiger partial charge in [-0.1, -0.05) is 17.8 Å². The Morgan fingerprint density at radius 1 is 1.45 bits per heavy atom. The molecule has 0 unspecified atom stereocenters. The average molecular weight is 303 g/mol. The molecule has 20 heavy (non-hydrogen) atoms. The standard InChI is InChI=1S/C12H17NO6S/c1-6(15)8(11(16)17)10-13-9(12(18)19)7(20-10)4-2-3-5-14/h4,6,8,10,14-15H,2-3,5H2,1H3,(H,16,17)(H,18,19)/b7-4-/t6-,8-,10-/m1/s1. The molecule has 4 N–H and O–H groups in total. The molecule has 112 valence electrons. The minimum absolute atomic E-state index is 0.0111. The fraction of sp³-hybridized carbons (Fsp3) is 0.583. The van der Waals surface area contributed by atoms with Crippen LogP contribution in [-0.2, 0) is 9.59 Å². The molecule has 0 spiro atoms. The first kappa shape index (κ1) is 16.7. The summed E-state index contributed by atoms with van der Waals surface area (Å²) < 4.78 is 0. The maximum absolute atomic E-state index is 11.1. The number of hydrogen-bond acceptors (Lipinski definition) is 6. The monoisotopic (exact) mass is 303 g/mol. The molecule has 3 atom stereocenters. The Morgan fingerprint density at radius 2 is 2.10 bits per heavy atom. The summed E-state index contributed by atoms with van der Waals surface area (Å²) in [6.45, 7) is 1.33. The van der Waals surface area contributed by atoms with Crippen molar-refractivity contribution in [3.8, 4) is 0 Å². The number of nitrogens with zero attached hydrogens (tertiary/aromatic N) is 1. The third kappa shape index (κ3) is 4.06. The number of unbranched alkanes of at least 4 members (excludes halogenated alkanes) is 1. The first-order chi connectivity index (χ1) is 9.38. The molecule has 1 aliphatic rings. The topological polar surface area (TPSA) is 127 Å². The number of carboxylic acid groups (broad SMARTS) is 2. The molecule has 0 bridgehead atoms. The third-order valence-electron chi connectivity index (χ3n) is 2.74. The lowest BCUT2D eigenvalue weighted by Gasteiger charge is -2.18. The second kappa shape index (κ2) is 7.41. The molecule has 1 rings (SSSR count). The summed E-state index contributed by atoms with van der Waals surface area (Å²) in [5, 5.41) is 35.5. The van der Waals surface area contributed by atoms with E-state index in [0.717, 1.165) is 11.8 Å². The van der Waals surface area contributed by atoms with Crippen LogP contribution in [0.25, 0.3) is 0 Å². The largest absolute Gasteiger partial charge is 0.481 e. The molecule has 0 saturated carbocycles. The highest BCUT2D eigenvalue weighted by atomic mass is 32.2. The van der Waals surface area contributed by atoms with E-state index in [4.69, 9.17) is 15.3 Å². The number of aliphatic imine (C=N–C) groups is 1. The summed E-state index contributed by atoms with van der Waals surface area (Å²) in [7, 11) is 0. The van der Waals surface area contributed by atoms with Gasteiger partial charge in [0.05, 0.1) is 6.10 Å². The molecule has 1 heterocycles. The zero-order valence-corrected chi connectivity index (χ0v) is 11.7. The van der Waals surface area contributed by atoms with Gasteiger partial charge in [-0.15, -0.1) is 0 Å². The average Bonchev–Trinajstić information content (AvgIpc) is 2.72. The number of aliphatic hydroxyl groups is 2. The van der Waals surface area contributed by atoms with E-state index in [9.17, 15) is 14.7 Å². The van der Waals surface area contributed by atoms with E-state index in [-0.39, 0.29) is 12.3 Å². The second-order valence-corrected chi connectivity index (χ2v) is 5.49. The molecule has 0 aliphatic carbocycles.